The molecule has 0 amide bonds. The molecule has 10 heteroatoms. The minimum atomic E-state index is -4.33. The molecule has 0 bridgehead atoms. The van der Waals surface area contributed by atoms with Crippen LogP contribution in [-0.4, -0.2) is 36.9 Å². The number of hydrogen-bond donors (Lipinski definition) is 3. The lowest BCUT2D eigenvalue weighted by molar-refractivity contribution is -0.176. The summed E-state index contributed by atoms with van der Waals surface area (Å²) in [5.74, 6) is 1.95. The van der Waals surface area contributed by atoms with Crippen LogP contribution >= 0.6 is 24.0 Å². The SMILES string of the molecule is CCNC(=NCc1ccc(COCC(F)(F)F)cc1)NCC(C)(O)c1cc(C)oc1C.I. The van der Waals surface area contributed by atoms with Crippen molar-refractivity contribution in [3.8, 4) is 0 Å². The van der Waals surface area contributed by atoms with E-state index in [9.17, 15) is 18.3 Å². The Kier molecular flexibility index (Phi) is 11.0. The van der Waals surface area contributed by atoms with E-state index in [0.29, 0.717) is 30.4 Å². The van der Waals surface area contributed by atoms with Crippen LogP contribution in [-0.2, 0) is 23.5 Å². The van der Waals surface area contributed by atoms with Gasteiger partial charge in [0.2, 0.25) is 0 Å². The molecule has 0 aliphatic carbocycles. The lowest BCUT2D eigenvalue weighted by Gasteiger charge is -2.24. The molecule has 3 N–H and O–H groups in total. The first kappa shape index (κ1) is 28.2. The number of halogens is 4. The Morgan fingerprint density at radius 2 is 1.75 bits per heavy atom. The topological polar surface area (TPSA) is 79.0 Å². The summed E-state index contributed by atoms with van der Waals surface area (Å²) >= 11 is 0. The van der Waals surface area contributed by atoms with E-state index in [0.717, 1.165) is 16.9 Å². The van der Waals surface area contributed by atoms with E-state index in [1.54, 1.807) is 31.2 Å². The van der Waals surface area contributed by atoms with Gasteiger partial charge in [0.15, 0.2) is 5.96 Å². The zero-order valence-corrected chi connectivity index (χ0v) is 21.0. The maximum Gasteiger partial charge on any atom is 0.411 e. The van der Waals surface area contributed by atoms with Gasteiger partial charge in [0.1, 0.15) is 23.7 Å². The minimum absolute atomic E-state index is 0. The molecule has 2 aromatic rings. The summed E-state index contributed by atoms with van der Waals surface area (Å²) in [4.78, 5) is 4.51. The number of nitrogens with zero attached hydrogens (tertiary/aromatic N) is 1. The zero-order valence-electron chi connectivity index (χ0n) is 18.7. The maximum atomic E-state index is 12.1. The third-order valence-electron chi connectivity index (χ3n) is 4.54. The van der Waals surface area contributed by atoms with Crippen molar-refractivity contribution in [1.82, 2.24) is 10.6 Å². The number of aliphatic hydroxyl groups is 1. The standard InChI is InChI=1S/C22H30F3N3O3.HI/c1-5-26-20(28-13-21(4,29)19-10-15(2)31-16(19)3)27-11-17-6-8-18(9-7-17)12-30-14-22(23,24)25;/h6-10,29H,5,11-14H2,1-4H3,(H2,26,27,28);1H. The van der Waals surface area contributed by atoms with Crippen molar-refractivity contribution in [2.75, 3.05) is 19.7 Å². The quantitative estimate of drug-likeness (QED) is 0.235. The summed E-state index contributed by atoms with van der Waals surface area (Å²) in [5.41, 5.74) is 1.13. The van der Waals surface area contributed by atoms with Crippen molar-refractivity contribution in [3.05, 3.63) is 58.5 Å². The average molecular weight is 569 g/mol. The van der Waals surface area contributed by atoms with Gasteiger partial charge in [-0.15, -0.1) is 24.0 Å². The smallest absolute Gasteiger partial charge is 0.411 e. The molecular formula is C22H31F3IN3O3. The normalized spacial score (nSPS) is 13.9. The molecule has 1 aromatic heterocycles. The highest BCUT2D eigenvalue weighted by molar-refractivity contribution is 14.0. The highest BCUT2D eigenvalue weighted by atomic mass is 127. The molecule has 1 unspecified atom stereocenters. The first-order valence-electron chi connectivity index (χ1n) is 10.0. The van der Waals surface area contributed by atoms with Crippen molar-refractivity contribution in [2.45, 2.75) is 52.6 Å². The van der Waals surface area contributed by atoms with Gasteiger partial charge in [-0.3, -0.25) is 0 Å². The van der Waals surface area contributed by atoms with Crippen LogP contribution in [0.1, 0.15) is 42.1 Å². The summed E-state index contributed by atoms with van der Waals surface area (Å²) < 4.78 is 46.6. The van der Waals surface area contributed by atoms with E-state index in [1.165, 1.54) is 0 Å². The first-order chi connectivity index (χ1) is 14.5. The largest absolute Gasteiger partial charge is 0.466 e. The number of furan rings is 1. The van der Waals surface area contributed by atoms with Crippen molar-refractivity contribution in [1.29, 1.82) is 0 Å². The van der Waals surface area contributed by atoms with E-state index in [-0.39, 0.29) is 37.1 Å². The Bertz CT molecular complexity index is 866. The molecule has 180 valence electrons. The summed E-state index contributed by atoms with van der Waals surface area (Å²) in [6.07, 6.45) is -4.33. The molecule has 6 nitrogen and oxygen atoms in total. The van der Waals surface area contributed by atoms with Gasteiger partial charge in [-0.05, 0) is 44.9 Å². The highest BCUT2D eigenvalue weighted by Gasteiger charge is 2.28. The molecule has 32 heavy (non-hydrogen) atoms. The molecule has 1 heterocycles. The van der Waals surface area contributed by atoms with Gasteiger partial charge in [0.25, 0.3) is 0 Å². The predicted molar refractivity (Wildman–Crippen MR) is 128 cm³/mol. The fourth-order valence-electron chi connectivity index (χ4n) is 3.05. The number of rotatable bonds is 9. The molecule has 0 spiro atoms. The van der Waals surface area contributed by atoms with Gasteiger partial charge in [-0.2, -0.15) is 13.2 Å². The van der Waals surface area contributed by atoms with Crippen LogP contribution in [0.15, 0.2) is 39.7 Å². The molecule has 0 saturated heterocycles. The van der Waals surface area contributed by atoms with Crippen LogP contribution in [0.25, 0.3) is 0 Å². The third kappa shape index (κ3) is 9.37. The number of ether oxygens (including phenoxy) is 1. The number of alkyl halides is 3. The van der Waals surface area contributed by atoms with E-state index in [1.807, 2.05) is 26.8 Å². The van der Waals surface area contributed by atoms with Crippen LogP contribution in [0, 0.1) is 13.8 Å². The summed E-state index contributed by atoms with van der Waals surface area (Å²) in [6, 6.07) is 8.86. The number of guanidine groups is 1. The van der Waals surface area contributed by atoms with Gasteiger partial charge >= 0.3 is 6.18 Å². The number of aryl methyl sites for hydroxylation is 2. The monoisotopic (exact) mass is 569 g/mol. The Morgan fingerprint density at radius 3 is 2.28 bits per heavy atom. The molecule has 0 fully saturated rings. The highest BCUT2D eigenvalue weighted by Crippen LogP contribution is 2.26. The van der Waals surface area contributed by atoms with Crippen LogP contribution in [0.5, 0.6) is 0 Å². The number of benzene rings is 1. The molecular weight excluding hydrogens is 538 g/mol. The van der Waals surface area contributed by atoms with Crippen LogP contribution < -0.4 is 10.6 Å². The van der Waals surface area contributed by atoms with Crippen LogP contribution in [0.4, 0.5) is 13.2 Å². The van der Waals surface area contributed by atoms with E-state index in [2.05, 4.69) is 20.4 Å². The van der Waals surface area contributed by atoms with E-state index in [4.69, 9.17) is 4.42 Å². The lowest BCUT2D eigenvalue weighted by Crippen LogP contribution is -2.44. The second-order valence-corrected chi connectivity index (χ2v) is 7.57. The minimum Gasteiger partial charge on any atom is -0.466 e. The molecule has 2 rings (SSSR count). The molecule has 0 aliphatic heterocycles. The third-order valence-corrected chi connectivity index (χ3v) is 4.54. The van der Waals surface area contributed by atoms with Crippen molar-refractivity contribution in [3.63, 3.8) is 0 Å². The first-order valence-corrected chi connectivity index (χ1v) is 10.0. The van der Waals surface area contributed by atoms with Gasteiger partial charge in [-0.25, -0.2) is 4.99 Å². The second-order valence-electron chi connectivity index (χ2n) is 7.57. The second kappa shape index (κ2) is 12.4. The van der Waals surface area contributed by atoms with Gasteiger partial charge < -0.3 is 24.9 Å². The van der Waals surface area contributed by atoms with Gasteiger partial charge in [0, 0.05) is 12.1 Å². The summed E-state index contributed by atoms with van der Waals surface area (Å²) in [7, 11) is 0. The van der Waals surface area contributed by atoms with Crippen molar-refractivity contribution in [2.24, 2.45) is 4.99 Å². The molecule has 0 radical (unpaired) electrons. The zero-order chi connectivity index (χ0) is 23.1. The van der Waals surface area contributed by atoms with Crippen LogP contribution in [0.3, 0.4) is 0 Å². The number of aliphatic imine (C=N–C) groups is 1. The molecule has 0 aliphatic rings. The summed E-state index contributed by atoms with van der Waals surface area (Å²) in [6.45, 7) is 7.17. The average Bonchev–Trinajstić information content (AvgIpc) is 3.03. The Hall–Kier alpha value is -1.79. The number of hydrogen-bond acceptors (Lipinski definition) is 4. The lowest BCUT2D eigenvalue weighted by atomic mass is 9.96. The van der Waals surface area contributed by atoms with Gasteiger partial charge in [-0.1, -0.05) is 24.3 Å². The summed E-state index contributed by atoms with van der Waals surface area (Å²) in [5, 5.41) is 17.1. The van der Waals surface area contributed by atoms with Crippen LogP contribution in [0.2, 0.25) is 0 Å². The van der Waals surface area contributed by atoms with E-state index >= 15 is 0 Å². The van der Waals surface area contributed by atoms with Crippen molar-refractivity contribution >= 4 is 29.9 Å². The van der Waals surface area contributed by atoms with Crippen molar-refractivity contribution < 1.29 is 27.4 Å². The predicted octanol–water partition coefficient (Wildman–Crippen LogP) is 4.56. The maximum absolute atomic E-state index is 12.1. The Morgan fingerprint density at radius 1 is 1.12 bits per heavy atom. The fraction of sp³-hybridized carbons (Fsp3) is 0.500. The Balaban J connectivity index is 0.00000512. The fourth-order valence-corrected chi connectivity index (χ4v) is 3.05. The van der Waals surface area contributed by atoms with E-state index < -0.39 is 18.4 Å². The molecule has 1 atom stereocenters. The number of nitrogens with one attached hydrogen (secondary N) is 2. The molecule has 1 aromatic carbocycles. The Labute approximate surface area is 203 Å². The van der Waals surface area contributed by atoms with Gasteiger partial charge in [0.05, 0.1) is 19.7 Å². The molecule has 0 saturated carbocycles.